The fourth-order valence-electron chi connectivity index (χ4n) is 4.34. The van der Waals surface area contributed by atoms with Gasteiger partial charge in [-0.05, 0) is 43.7 Å². The van der Waals surface area contributed by atoms with Crippen LogP contribution in [0.1, 0.15) is 33.7 Å². The maximum atomic E-state index is 12.8. The number of carbonyl (C=O) groups excluding carboxylic acids is 1. The highest BCUT2D eigenvalue weighted by Crippen LogP contribution is 2.45. The molecule has 0 radical (unpaired) electrons. The van der Waals surface area contributed by atoms with Gasteiger partial charge in [-0.3, -0.25) is 9.78 Å². The Morgan fingerprint density at radius 2 is 1.89 bits per heavy atom. The molecular weight excluding hydrogens is 515 g/mol. The molecule has 1 spiro atoms. The zero-order chi connectivity index (χ0) is 27.4. The number of rotatable bonds is 5. The lowest BCUT2D eigenvalue weighted by Crippen LogP contribution is -2.68. The molecule has 0 aliphatic carbocycles. The number of carboxylic acids is 1. The van der Waals surface area contributed by atoms with Gasteiger partial charge in [0, 0.05) is 30.3 Å². The summed E-state index contributed by atoms with van der Waals surface area (Å²) in [5.41, 5.74) is 2.52. The number of nitriles is 1. The summed E-state index contributed by atoms with van der Waals surface area (Å²) in [5, 5.41) is 16.2. The monoisotopic (exact) mass is 539 g/mol. The van der Waals surface area contributed by atoms with Gasteiger partial charge in [0.2, 0.25) is 0 Å². The minimum Gasteiger partial charge on any atom is -0.475 e. The number of amides is 1. The Balaban J connectivity index is 0.000000479. The number of likely N-dealkylation sites (tertiary alicyclic amines) is 1. The minimum absolute atomic E-state index is 0.121. The van der Waals surface area contributed by atoms with Crippen LogP contribution in [0, 0.1) is 24.2 Å². The van der Waals surface area contributed by atoms with Crippen LogP contribution in [0.4, 0.5) is 13.2 Å². The van der Waals surface area contributed by atoms with E-state index in [2.05, 4.69) is 4.98 Å². The zero-order valence-electron chi connectivity index (χ0n) is 19.7. The molecule has 1 aromatic heterocycles. The lowest BCUT2D eigenvalue weighted by atomic mass is 9.83. The molecule has 1 aromatic carbocycles. The van der Waals surface area contributed by atoms with Crippen LogP contribution in [0.5, 0.6) is 0 Å². The average Bonchev–Trinajstić information content (AvgIpc) is 3.07. The number of ether oxygens (including phenoxy) is 1. The highest BCUT2D eigenvalue weighted by atomic mass is 32.2. The molecule has 0 bridgehead atoms. The van der Waals surface area contributed by atoms with E-state index in [4.69, 9.17) is 19.9 Å². The van der Waals surface area contributed by atoms with E-state index in [0.29, 0.717) is 30.8 Å². The van der Waals surface area contributed by atoms with Gasteiger partial charge in [-0.25, -0.2) is 13.2 Å². The molecule has 2 aromatic rings. The van der Waals surface area contributed by atoms with Crippen LogP contribution in [0.2, 0.25) is 0 Å². The van der Waals surface area contributed by atoms with Gasteiger partial charge in [-0.1, -0.05) is 12.1 Å². The zero-order valence-corrected chi connectivity index (χ0v) is 20.6. The summed E-state index contributed by atoms with van der Waals surface area (Å²) in [7, 11) is -3.30. The summed E-state index contributed by atoms with van der Waals surface area (Å²) in [6.07, 6.45) is -4.55. The fourth-order valence-corrected chi connectivity index (χ4v) is 6.74. The van der Waals surface area contributed by atoms with Gasteiger partial charge in [-0.15, -0.1) is 0 Å². The van der Waals surface area contributed by atoms with Crippen molar-refractivity contribution in [1.29, 1.82) is 5.26 Å². The van der Waals surface area contributed by atoms with E-state index in [-0.39, 0.29) is 30.7 Å². The molecule has 1 unspecified atom stereocenters. The van der Waals surface area contributed by atoms with Crippen LogP contribution >= 0.6 is 0 Å². The number of sulfone groups is 1. The van der Waals surface area contributed by atoms with E-state index in [1.165, 1.54) is 6.07 Å². The number of nitrogens with zero attached hydrogens (tertiary/aromatic N) is 3. The number of benzene rings is 1. The Bertz CT molecular complexity index is 1320. The Morgan fingerprint density at radius 3 is 2.49 bits per heavy atom. The highest BCUT2D eigenvalue weighted by Gasteiger charge is 2.62. The number of hydrogen-bond acceptors (Lipinski definition) is 7. The number of carbonyl (C=O) groups is 2. The van der Waals surface area contributed by atoms with Gasteiger partial charge in [0.05, 0.1) is 36.3 Å². The average molecular weight is 540 g/mol. The summed E-state index contributed by atoms with van der Waals surface area (Å²) in [6, 6.07) is 14.2. The molecule has 2 aliphatic heterocycles. The Kier molecular flexibility index (Phi) is 8.24. The normalized spacial score (nSPS) is 19.3. The maximum absolute atomic E-state index is 12.8. The molecule has 37 heavy (non-hydrogen) atoms. The van der Waals surface area contributed by atoms with E-state index in [1.807, 2.05) is 31.2 Å². The van der Waals surface area contributed by atoms with Crippen molar-refractivity contribution in [2.24, 2.45) is 5.92 Å². The third kappa shape index (κ3) is 6.26. The van der Waals surface area contributed by atoms with Gasteiger partial charge < -0.3 is 14.7 Å². The third-order valence-electron chi connectivity index (χ3n) is 6.30. The third-order valence-corrected chi connectivity index (χ3v) is 8.90. The van der Waals surface area contributed by atoms with E-state index in [9.17, 15) is 26.4 Å². The molecule has 2 saturated heterocycles. The number of pyridine rings is 1. The summed E-state index contributed by atoms with van der Waals surface area (Å²) in [6.45, 7) is 2.90. The predicted octanol–water partition coefficient (Wildman–Crippen LogP) is 2.74. The molecule has 4 rings (SSSR count). The van der Waals surface area contributed by atoms with Gasteiger partial charge in [0.25, 0.3) is 5.91 Å². The number of aromatic nitrogens is 1. The molecule has 9 nitrogen and oxygen atoms in total. The first-order valence-electron chi connectivity index (χ1n) is 11.1. The van der Waals surface area contributed by atoms with Crippen molar-refractivity contribution in [3.63, 3.8) is 0 Å². The van der Waals surface area contributed by atoms with Crippen LogP contribution in [-0.2, 0) is 26.0 Å². The first kappa shape index (κ1) is 28.1. The van der Waals surface area contributed by atoms with Crippen LogP contribution in [0.25, 0.3) is 0 Å². The molecular formula is C24H24F3N3O6S. The van der Waals surface area contributed by atoms with Crippen molar-refractivity contribution in [1.82, 2.24) is 9.88 Å². The molecule has 0 saturated carbocycles. The largest absolute Gasteiger partial charge is 0.490 e. The summed E-state index contributed by atoms with van der Waals surface area (Å²) >= 11 is 0. The molecule has 198 valence electrons. The number of halogens is 3. The smallest absolute Gasteiger partial charge is 0.475 e. The van der Waals surface area contributed by atoms with Crippen LogP contribution in [-0.4, -0.2) is 71.7 Å². The van der Waals surface area contributed by atoms with Gasteiger partial charge in [-0.2, -0.15) is 18.4 Å². The van der Waals surface area contributed by atoms with E-state index in [1.54, 1.807) is 23.1 Å². The molecule has 1 N–H and O–H groups in total. The summed E-state index contributed by atoms with van der Waals surface area (Å²) < 4.78 is 62.2. The molecule has 13 heteroatoms. The minimum atomic E-state index is -5.08. The quantitative estimate of drug-likeness (QED) is 0.612. The number of carboxylic acid groups (broad SMARTS) is 1. The molecule has 3 heterocycles. The predicted molar refractivity (Wildman–Crippen MR) is 124 cm³/mol. The van der Waals surface area contributed by atoms with Crippen molar-refractivity contribution in [2.45, 2.75) is 30.9 Å². The standard InChI is InChI=1S/C22H23N3O4S.C2HF3O2/c1-16-4-2-7-20(24-16)13-29-12-19-8-9-30(27,28)22(19)14-25(15-22)21(26)18-6-3-5-17(10-18)11-23;3-2(4,5)1(6)7/h2-7,10,19H,8-9,12-15H2,1H3;(H,6,7). The van der Waals surface area contributed by atoms with Crippen molar-refractivity contribution in [2.75, 3.05) is 25.4 Å². The first-order valence-corrected chi connectivity index (χ1v) is 12.8. The lowest BCUT2D eigenvalue weighted by molar-refractivity contribution is -0.192. The van der Waals surface area contributed by atoms with Crippen molar-refractivity contribution < 1.29 is 41.0 Å². The number of aliphatic carboxylic acids is 1. The number of alkyl halides is 3. The SMILES string of the molecule is Cc1cccc(COCC2CCS(=O)(=O)C23CN(C(=O)c2cccc(C#N)c2)C3)n1.O=C(O)C(F)(F)F. The number of hydrogen-bond donors (Lipinski definition) is 1. The second-order valence-corrected chi connectivity index (χ2v) is 11.3. The first-order chi connectivity index (χ1) is 17.3. The second-order valence-electron chi connectivity index (χ2n) is 8.81. The number of aryl methyl sites for hydroxylation is 1. The van der Waals surface area contributed by atoms with Gasteiger partial charge >= 0.3 is 12.1 Å². The Morgan fingerprint density at radius 1 is 1.24 bits per heavy atom. The van der Waals surface area contributed by atoms with E-state index >= 15 is 0 Å². The van der Waals surface area contributed by atoms with Crippen molar-refractivity contribution in [3.8, 4) is 6.07 Å². The maximum Gasteiger partial charge on any atom is 0.490 e. The Hall–Kier alpha value is -3.50. The van der Waals surface area contributed by atoms with Gasteiger partial charge in [0.1, 0.15) is 4.75 Å². The Labute approximate surface area is 211 Å². The van der Waals surface area contributed by atoms with Crippen LogP contribution < -0.4 is 0 Å². The summed E-state index contributed by atoms with van der Waals surface area (Å²) in [4.78, 5) is 27.6. The lowest BCUT2D eigenvalue weighted by Gasteiger charge is -2.49. The van der Waals surface area contributed by atoms with E-state index in [0.717, 1.165) is 11.4 Å². The van der Waals surface area contributed by atoms with Crippen LogP contribution in [0.15, 0.2) is 42.5 Å². The van der Waals surface area contributed by atoms with Crippen molar-refractivity contribution in [3.05, 3.63) is 65.0 Å². The highest BCUT2D eigenvalue weighted by molar-refractivity contribution is 7.93. The van der Waals surface area contributed by atoms with Crippen molar-refractivity contribution >= 4 is 21.7 Å². The van der Waals surface area contributed by atoms with Gasteiger partial charge in [0.15, 0.2) is 9.84 Å². The van der Waals surface area contributed by atoms with E-state index < -0.39 is 26.7 Å². The van der Waals surface area contributed by atoms with Crippen LogP contribution in [0.3, 0.4) is 0 Å². The molecule has 2 aliphatic rings. The molecule has 1 atom stereocenters. The molecule has 2 fully saturated rings. The molecule has 1 amide bonds. The second kappa shape index (κ2) is 10.9. The summed E-state index contributed by atoms with van der Waals surface area (Å²) in [5.74, 6) is -3.03. The fraction of sp³-hybridized carbons (Fsp3) is 0.417. The topological polar surface area (TPSA) is 138 Å².